The van der Waals surface area contributed by atoms with Crippen LogP contribution in [-0.2, 0) is 11.3 Å². The zero-order valence-corrected chi connectivity index (χ0v) is 14.9. The fourth-order valence-electron chi connectivity index (χ4n) is 2.43. The summed E-state index contributed by atoms with van der Waals surface area (Å²) in [5.41, 5.74) is 1.17. The number of nitrogens with one attached hydrogen (secondary N) is 1. The van der Waals surface area contributed by atoms with Gasteiger partial charge < -0.3 is 19.5 Å². The molecule has 124 valence electrons. The highest BCUT2D eigenvalue weighted by atomic mass is 79.9. The van der Waals surface area contributed by atoms with Gasteiger partial charge in [-0.15, -0.1) is 0 Å². The second kappa shape index (κ2) is 9.35. The number of nitrogens with zero attached hydrogens (tertiary/aromatic N) is 1. The smallest absolute Gasteiger partial charge is 0.175 e. The first-order valence-corrected chi connectivity index (χ1v) is 8.56. The molecule has 0 aromatic heterocycles. The van der Waals surface area contributed by atoms with Crippen molar-refractivity contribution < 1.29 is 14.2 Å². The molecule has 1 saturated heterocycles. The van der Waals surface area contributed by atoms with Crippen molar-refractivity contribution in [2.45, 2.75) is 13.5 Å². The van der Waals surface area contributed by atoms with Crippen LogP contribution in [0.4, 0.5) is 0 Å². The molecule has 1 aliphatic heterocycles. The van der Waals surface area contributed by atoms with Crippen molar-refractivity contribution >= 4 is 15.9 Å². The van der Waals surface area contributed by atoms with Gasteiger partial charge in [0.05, 0.1) is 24.3 Å². The molecule has 5 nitrogen and oxygen atoms in total. The Labute approximate surface area is 141 Å². The third-order valence-electron chi connectivity index (χ3n) is 3.51. The van der Waals surface area contributed by atoms with Gasteiger partial charge >= 0.3 is 0 Å². The second-order valence-electron chi connectivity index (χ2n) is 5.17. The topological polar surface area (TPSA) is 43.0 Å². The van der Waals surface area contributed by atoms with Crippen molar-refractivity contribution in [2.24, 2.45) is 0 Å². The van der Waals surface area contributed by atoms with E-state index >= 15 is 0 Å². The van der Waals surface area contributed by atoms with E-state index < -0.39 is 0 Å². The third kappa shape index (κ3) is 5.12. The maximum absolute atomic E-state index is 5.98. The van der Waals surface area contributed by atoms with Crippen LogP contribution in [0.5, 0.6) is 11.5 Å². The van der Waals surface area contributed by atoms with Gasteiger partial charge in [-0.3, -0.25) is 4.90 Å². The molecule has 0 spiro atoms. The molecule has 2 rings (SSSR count). The van der Waals surface area contributed by atoms with Crippen molar-refractivity contribution in [1.29, 1.82) is 0 Å². The maximum atomic E-state index is 5.98. The van der Waals surface area contributed by atoms with Gasteiger partial charge in [0.1, 0.15) is 6.61 Å². The molecule has 0 aliphatic carbocycles. The Hall–Kier alpha value is -0.820. The predicted molar refractivity (Wildman–Crippen MR) is 90.8 cm³/mol. The van der Waals surface area contributed by atoms with Crippen LogP contribution in [0.3, 0.4) is 0 Å². The standard InChI is InChI=1S/C16H25BrN2O3/c1-3-21-15-11-13(12-18-2)10-14(17)16(15)22-9-6-19-4-7-20-8-5-19/h10-11,18H,3-9,12H2,1-2H3. The van der Waals surface area contributed by atoms with Crippen molar-refractivity contribution in [3.8, 4) is 11.5 Å². The zero-order chi connectivity index (χ0) is 15.8. The Balaban J connectivity index is 1.98. The molecule has 0 saturated carbocycles. The van der Waals surface area contributed by atoms with Gasteiger partial charge in [-0.2, -0.15) is 0 Å². The molecular formula is C16H25BrN2O3. The van der Waals surface area contributed by atoms with Crippen LogP contribution >= 0.6 is 15.9 Å². The highest BCUT2D eigenvalue weighted by Gasteiger charge is 2.14. The van der Waals surface area contributed by atoms with Crippen LogP contribution in [0, 0.1) is 0 Å². The average Bonchev–Trinajstić information content (AvgIpc) is 2.51. The lowest BCUT2D eigenvalue weighted by Gasteiger charge is -2.26. The van der Waals surface area contributed by atoms with Crippen LogP contribution in [0.1, 0.15) is 12.5 Å². The molecule has 0 bridgehead atoms. The van der Waals surface area contributed by atoms with Crippen LogP contribution in [-0.4, -0.2) is 58.0 Å². The van der Waals surface area contributed by atoms with Crippen molar-refractivity contribution in [3.63, 3.8) is 0 Å². The van der Waals surface area contributed by atoms with Gasteiger partial charge in [-0.25, -0.2) is 0 Å². The number of morpholine rings is 1. The van der Waals surface area contributed by atoms with Gasteiger partial charge in [0.15, 0.2) is 11.5 Å². The molecule has 1 N–H and O–H groups in total. The Bertz CT molecular complexity index is 465. The van der Waals surface area contributed by atoms with Gasteiger partial charge in [0, 0.05) is 26.2 Å². The van der Waals surface area contributed by atoms with Gasteiger partial charge in [-0.05, 0) is 47.6 Å². The van der Waals surface area contributed by atoms with Crippen molar-refractivity contribution in [1.82, 2.24) is 10.2 Å². The molecule has 1 heterocycles. The number of rotatable bonds is 8. The summed E-state index contributed by atoms with van der Waals surface area (Å²) in [6.45, 7) is 8.52. The molecule has 1 fully saturated rings. The third-order valence-corrected chi connectivity index (χ3v) is 4.10. The summed E-state index contributed by atoms with van der Waals surface area (Å²) >= 11 is 3.60. The summed E-state index contributed by atoms with van der Waals surface area (Å²) in [7, 11) is 1.93. The monoisotopic (exact) mass is 372 g/mol. The summed E-state index contributed by atoms with van der Waals surface area (Å²) in [5.74, 6) is 1.58. The molecule has 1 aromatic carbocycles. The Kier molecular flexibility index (Phi) is 7.45. The first-order chi connectivity index (χ1) is 10.7. The molecular weight excluding hydrogens is 348 g/mol. The molecule has 1 aliphatic rings. The lowest BCUT2D eigenvalue weighted by atomic mass is 10.2. The Morgan fingerprint density at radius 3 is 2.73 bits per heavy atom. The summed E-state index contributed by atoms with van der Waals surface area (Å²) in [6.07, 6.45) is 0. The summed E-state index contributed by atoms with van der Waals surface area (Å²) in [5, 5.41) is 3.15. The van der Waals surface area contributed by atoms with Gasteiger partial charge in [0.2, 0.25) is 0 Å². The average molecular weight is 373 g/mol. The van der Waals surface area contributed by atoms with E-state index in [1.54, 1.807) is 0 Å². The first kappa shape index (κ1) is 17.5. The second-order valence-corrected chi connectivity index (χ2v) is 6.03. The molecule has 0 unspecified atom stereocenters. The minimum atomic E-state index is 0.620. The quantitative estimate of drug-likeness (QED) is 0.758. The molecule has 0 atom stereocenters. The summed E-state index contributed by atoms with van der Waals surface area (Å²) < 4.78 is 18.0. The summed E-state index contributed by atoms with van der Waals surface area (Å²) in [6, 6.07) is 4.11. The molecule has 22 heavy (non-hydrogen) atoms. The lowest BCUT2D eigenvalue weighted by Crippen LogP contribution is -2.38. The molecule has 0 amide bonds. The highest BCUT2D eigenvalue weighted by Crippen LogP contribution is 2.37. The minimum Gasteiger partial charge on any atom is -0.490 e. The van der Waals surface area contributed by atoms with Crippen molar-refractivity contribution in [2.75, 3.05) is 53.1 Å². The number of halogens is 1. The van der Waals surface area contributed by atoms with Crippen LogP contribution in [0.25, 0.3) is 0 Å². The SMILES string of the molecule is CCOc1cc(CNC)cc(Br)c1OCCN1CCOCC1. The highest BCUT2D eigenvalue weighted by molar-refractivity contribution is 9.10. The number of hydrogen-bond donors (Lipinski definition) is 1. The van der Waals surface area contributed by atoms with E-state index in [1.807, 2.05) is 20.0 Å². The number of hydrogen-bond acceptors (Lipinski definition) is 5. The predicted octanol–water partition coefficient (Wildman–Crippen LogP) is 2.28. The summed E-state index contributed by atoms with van der Waals surface area (Å²) in [4.78, 5) is 2.35. The Morgan fingerprint density at radius 1 is 1.27 bits per heavy atom. The van der Waals surface area contributed by atoms with Gasteiger partial charge in [-0.1, -0.05) is 0 Å². The van der Waals surface area contributed by atoms with Gasteiger partial charge in [0.25, 0.3) is 0 Å². The van der Waals surface area contributed by atoms with E-state index in [9.17, 15) is 0 Å². The lowest BCUT2D eigenvalue weighted by molar-refractivity contribution is 0.0320. The molecule has 0 radical (unpaired) electrons. The molecule has 1 aromatic rings. The van der Waals surface area contributed by atoms with E-state index in [4.69, 9.17) is 14.2 Å². The van der Waals surface area contributed by atoms with Crippen LogP contribution < -0.4 is 14.8 Å². The number of benzene rings is 1. The van der Waals surface area contributed by atoms with E-state index in [1.165, 1.54) is 5.56 Å². The zero-order valence-electron chi connectivity index (χ0n) is 13.4. The van der Waals surface area contributed by atoms with Crippen LogP contribution in [0.15, 0.2) is 16.6 Å². The largest absolute Gasteiger partial charge is 0.490 e. The van der Waals surface area contributed by atoms with Crippen LogP contribution in [0.2, 0.25) is 0 Å². The van der Waals surface area contributed by atoms with E-state index in [0.29, 0.717) is 13.2 Å². The Morgan fingerprint density at radius 2 is 2.05 bits per heavy atom. The fraction of sp³-hybridized carbons (Fsp3) is 0.625. The fourth-order valence-corrected chi connectivity index (χ4v) is 3.04. The van der Waals surface area contributed by atoms with E-state index in [2.05, 4.69) is 32.2 Å². The minimum absolute atomic E-state index is 0.620. The van der Waals surface area contributed by atoms with Crippen molar-refractivity contribution in [3.05, 3.63) is 22.2 Å². The van der Waals surface area contributed by atoms with E-state index in [-0.39, 0.29) is 0 Å². The normalized spacial score (nSPS) is 15.8. The maximum Gasteiger partial charge on any atom is 0.175 e. The first-order valence-electron chi connectivity index (χ1n) is 7.77. The molecule has 6 heteroatoms. The number of ether oxygens (including phenoxy) is 3. The van der Waals surface area contributed by atoms with E-state index in [0.717, 1.165) is 55.4 Å².